The number of hydrogen-bond donors (Lipinski definition) is 1. The summed E-state index contributed by atoms with van der Waals surface area (Å²) in [7, 11) is 0. The molecule has 3 heterocycles. The van der Waals surface area contributed by atoms with E-state index in [4.69, 9.17) is 0 Å². The van der Waals surface area contributed by atoms with Crippen LogP contribution in [0.25, 0.3) is 0 Å². The van der Waals surface area contributed by atoms with Gasteiger partial charge in [-0.3, -0.25) is 4.98 Å². The predicted octanol–water partition coefficient (Wildman–Crippen LogP) is 2.10. The summed E-state index contributed by atoms with van der Waals surface area (Å²) in [6.45, 7) is 4.13. The van der Waals surface area contributed by atoms with Gasteiger partial charge < -0.3 is 9.88 Å². The van der Waals surface area contributed by atoms with E-state index in [0.29, 0.717) is 0 Å². The summed E-state index contributed by atoms with van der Waals surface area (Å²) in [5, 5.41) is 12.3. The highest BCUT2D eigenvalue weighted by Crippen LogP contribution is 2.23. The van der Waals surface area contributed by atoms with E-state index in [1.54, 1.807) is 6.20 Å². The van der Waals surface area contributed by atoms with Crippen molar-refractivity contribution in [1.82, 2.24) is 25.1 Å². The molecular formula is C15H21N5. The fourth-order valence-corrected chi connectivity index (χ4v) is 2.75. The van der Waals surface area contributed by atoms with Gasteiger partial charge in [-0.1, -0.05) is 25.8 Å². The van der Waals surface area contributed by atoms with Gasteiger partial charge in [-0.05, 0) is 18.1 Å². The zero-order valence-electron chi connectivity index (χ0n) is 11.9. The summed E-state index contributed by atoms with van der Waals surface area (Å²) < 4.78 is 2.28. The van der Waals surface area contributed by atoms with Gasteiger partial charge in [0.05, 0.1) is 6.04 Å². The lowest BCUT2D eigenvalue weighted by Gasteiger charge is -2.25. The average molecular weight is 271 g/mol. The molecule has 0 aromatic carbocycles. The fourth-order valence-electron chi connectivity index (χ4n) is 2.75. The normalized spacial score (nSPS) is 17.9. The van der Waals surface area contributed by atoms with E-state index < -0.39 is 0 Å². The van der Waals surface area contributed by atoms with Crippen LogP contribution in [-0.2, 0) is 13.0 Å². The van der Waals surface area contributed by atoms with Crippen LogP contribution in [0.15, 0.2) is 24.5 Å². The standard InChI is InChI=1S/C15H21N5/c1-2-3-4-7-13-18-19-15-14(17-9-10-20(13)15)12-6-5-8-16-11-12/h5-6,8,11,14,17H,2-4,7,9-10H2,1H3. The first-order valence-corrected chi connectivity index (χ1v) is 7.45. The number of nitrogens with one attached hydrogen (secondary N) is 1. The quantitative estimate of drug-likeness (QED) is 0.846. The Labute approximate surface area is 119 Å². The van der Waals surface area contributed by atoms with Gasteiger partial charge in [0.15, 0.2) is 5.82 Å². The predicted molar refractivity (Wildman–Crippen MR) is 77.3 cm³/mol. The van der Waals surface area contributed by atoms with Crippen molar-refractivity contribution in [1.29, 1.82) is 0 Å². The van der Waals surface area contributed by atoms with Crippen molar-refractivity contribution in [3.8, 4) is 0 Å². The Kier molecular flexibility index (Phi) is 4.06. The molecule has 0 saturated carbocycles. The van der Waals surface area contributed by atoms with E-state index in [2.05, 4.69) is 38.1 Å². The molecule has 1 aliphatic rings. The van der Waals surface area contributed by atoms with Gasteiger partial charge in [0.25, 0.3) is 0 Å². The Morgan fingerprint density at radius 3 is 3.10 bits per heavy atom. The van der Waals surface area contributed by atoms with Crippen molar-refractivity contribution in [3.63, 3.8) is 0 Å². The molecule has 3 rings (SSSR count). The molecule has 5 nitrogen and oxygen atoms in total. The number of nitrogens with zero attached hydrogens (tertiary/aromatic N) is 4. The molecule has 2 aromatic rings. The molecule has 5 heteroatoms. The van der Waals surface area contributed by atoms with Gasteiger partial charge in [0.2, 0.25) is 0 Å². The van der Waals surface area contributed by atoms with Crippen LogP contribution >= 0.6 is 0 Å². The highest BCUT2D eigenvalue weighted by molar-refractivity contribution is 5.23. The minimum atomic E-state index is 0.116. The summed E-state index contributed by atoms with van der Waals surface area (Å²) in [5.74, 6) is 2.15. The topological polar surface area (TPSA) is 55.6 Å². The molecule has 1 aliphatic heterocycles. The lowest BCUT2D eigenvalue weighted by atomic mass is 10.1. The van der Waals surface area contributed by atoms with Crippen molar-refractivity contribution in [3.05, 3.63) is 41.7 Å². The van der Waals surface area contributed by atoms with Crippen LogP contribution in [0.5, 0.6) is 0 Å². The first-order chi connectivity index (χ1) is 9.90. The van der Waals surface area contributed by atoms with Gasteiger partial charge >= 0.3 is 0 Å². The molecule has 1 unspecified atom stereocenters. The summed E-state index contributed by atoms with van der Waals surface area (Å²) in [6, 6.07) is 4.17. The molecule has 20 heavy (non-hydrogen) atoms. The summed E-state index contributed by atoms with van der Waals surface area (Å²) >= 11 is 0. The zero-order valence-corrected chi connectivity index (χ0v) is 11.9. The van der Waals surface area contributed by atoms with E-state index in [1.165, 1.54) is 19.3 Å². The second-order valence-corrected chi connectivity index (χ2v) is 5.26. The van der Waals surface area contributed by atoms with Crippen LogP contribution in [-0.4, -0.2) is 26.3 Å². The van der Waals surface area contributed by atoms with Crippen LogP contribution < -0.4 is 5.32 Å². The van der Waals surface area contributed by atoms with Gasteiger partial charge in [-0.15, -0.1) is 10.2 Å². The average Bonchev–Trinajstić information content (AvgIpc) is 2.92. The number of unbranched alkanes of at least 4 members (excludes halogenated alkanes) is 2. The molecule has 0 aliphatic carbocycles. The van der Waals surface area contributed by atoms with Crippen LogP contribution in [0.1, 0.15) is 49.4 Å². The Morgan fingerprint density at radius 2 is 2.30 bits per heavy atom. The SMILES string of the molecule is CCCCCc1nnc2n1CCNC2c1cccnc1. The maximum absolute atomic E-state index is 4.42. The minimum absolute atomic E-state index is 0.116. The van der Waals surface area contributed by atoms with Crippen molar-refractivity contribution in [2.24, 2.45) is 0 Å². The van der Waals surface area contributed by atoms with E-state index in [0.717, 1.165) is 36.7 Å². The molecule has 1 atom stereocenters. The summed E-state index contributed by atoms with van der Waals surface area (Å²) in [4.78, 5) is 4.20. The Bertz CT molecular complexity index is 549. The number of fused-ring (bicyclic) bond motifs is 1. The minimum Gasteiger partial charge on any atom is -0.312 e. The summed E-state index contributed by atoms with van der Waals surface area (Å²) in [6.07, 6.45) is 8.42. The second-order valence-electron chi connectivity index (χ2n) is 5.26. The molecule has 0 spiro atoms. The Hall–Kier alpha value is -1.75. The smallest absolute Gasteiger partial charge is 0.154 e. The largest absolute Gasteiger partial charge is 0.312 e. The third-order valence-electron chi connectivity index (χ3n) is 3.82. The molecule has 0 amide bonds. The van der Waals surface area contributed by atoms with Crippen molar-refractivity contribution in [2.45, 2.75) is 45.2 Å². The molecule has 0 bridgehead atoms. The highest BCUT2D eigenvalue weighted by Gasteiger charge is 2.25. The van der Waals surface area contributed by atoms with E-state index in [9.17, 15) is 0 Å². The van der Waals surface area contributed by atoms with Crippen LogP contribution in [0.2, 0.25) is 0 Å². The van der Waals surface area contributed by atoms with Crippen molar-refractivity contribution in [2.75, 3.05) is 6.54 Å². The number of hydrogen-bond acceptors (Lipinski definition) is 4. The molecule has 1 N–H and O–H groups in total. The van der Waals surface area contributed by atoms with E-state index in [1.807, 2.05) is 12.3 Å². The number of aromatic nitrogens is 4. The van der Waals surface area contributed by atoms with Crippen molar-refractivity contribution < 1.29 is 0 Å². The zero-order chi connectivity index (χ0) is 13.8. The molecule has 2 aromatic heterocycles. The first kappa shape index (κ1) is 13.2. The van der Waals surface area contributed by atoms with Gasteiger partial charge in [-0.2, -0.15) is 0 Å². The molecule has 0 radical (unpaired) electrons. The van der Waals surface area contributed by atoms with Crippen molar-refractivity contribution >= 4 is 0 Å². The van der Waals surface area contributed by atoms with Crippen LogP contribution in [0, 0.1) is 0 Å². The summed E-state index contributed by atoms with van der Waals surface area (Å²) in [5.41, 5.74) is 1.15. The third-order valence-corrected chi connectivity index (χ3v) is 3.82. The second kappa shape index (κ2) is 6.13. The Balaban J connectivity index is 1.83. The lowest BCUT2D eigenvalue weighted by molar-refractivity contribution is 0.445. The third kappa shape index (κ3) is 2.58. The van der Waals surface area contributed by atoms with Gasteiger partial charge in [0, 0.05) is 31.9 Å². The number of aryl methyl sites for hydroxylation is 1. The Morgan fingerprint density at radius 1 is 1.35 bits per heavy atom. The number of pyridine rings is 1. The molecule has 106 valence electrons. The molecule has 0 saturated heterocycles. The first-order valence-electron chi connectivity index (χ1n) is 7.45. The van der Waals surface area contributed by atoms with Crippen LogP contribution in [0.4, 0.5) is 0 Å². The fraction of sp³-hybridized carbons (Fsp3) is 0.533. The van der Waals surface area contributed by atoms with Gasteiger partial charge in [0.1, 0.15) is 5.82 Å². The number of rotatable bonds is 5. The van der Waals surface area contributed by atoms with E-state index in [-0.39, 0.29) is 6.04 Å². The van der Waals surface area contributed by atoms with Crippen LogP contribution in [0.3, 0.4) is 0 Å². The van der Waals surface area contributed by atoms with E-state index >= 15 is 0 Å². The maximum Gasteiger partial charge on any atom is 0.154 e. The maximum atomic E-state index is 4.42. The highest BCUT2D eigenvalue weighted by atomic mass is 15.3. The lowest BCUT2D eigenvalue weighted by Crippen LogP contribution is -2.35. The monoisotopic (exact) mass is 271 g/mol. The van der Waals surface area contributed by atoms with Gasteiger partial charge in [-0.25, -0.2) is 0 Å². The molecular weight excluding hydrogens is 250 g/mol. The molecule has 0 fully saturated rings.